The lowest BCUT2D eigenvalue weighted by molar-refractivity contribution is -0.192. The van der Waals surface area contributed by atoms with E-state index in [9.17, 15) is 31.1 Å². The van der Waals surface area contributed by atoms with Crippen molar-refractivity contribution in [2.45, 2.75) is 50.3 Å². The van der Waals surface area contributed by atoms with Gasteiger partial charge in [0.25, 0.3) is 5.56 Å². The molecule has 2 aliphatic rings. The molecule has 10 nitrogen and oxygen atoms in total. The molecule has 0 saturated carbocycles. The highest BCUT2D eigenvalue weighted by Crippen LogP contribution is 2.32. The number of hydrogen-bond donors (Lipinski definition) is 2. The number of likely N-dealkylation sites (tertiary alicyclic amines) is 1. The highest BCUT2D eigenvalue weighted by Gasteiger charge is 2.38. The molecule has 2 aromatic heterocycles. The molecule has 218 valence electrons. The highest BCUT2D eigenvalue weighted by molar-refractivity contribution is 5.73. The summed E-state index contributed by atoms with van der Waals surface area (Å²) in [6, 6.07) is 4.69. The first-order valence-electron chi connectivity index (χ1n) is 12.2. The molecule has 0 radical (unpaired) electrons. The van der Waals surface area contributed by atoms with Gasteiger partial charge in [-0.2, -0.15) is 31.4 Å². The second-order valence-electron chi connectivity index (χ2n) is 9.32. The molecule has 0 spiro atoms. The van der Waals surface area contributed by atoms with Crippen LogP contribution in [0.2, 0.25) is 0 Å². The number of benzene rings is 1. The summed E-state index contributed by atoms with van der Waals surface area (Å²) in [4.78, 5) is 31.2. The molecule has 40 heavy (non-hydrogen) atoms. The summed E-state index contributed by atoms with van der Waals surface area (Å²) < 4.78 is 82.9. The number of alkyl halides is 6. The number of fused-ring (bicyclic) bond motifs is 1. The normalized spacial score (nSPS) is 18.1. The standard InChI is InChI=1S/C22H24F3N5O3.C2HF3O2/c1-13(29-11-17(12-29)33-16-4-2-14(3-5-16)22(23,24)25)19-27-20-18(21(31)28-19)10-26-30(20)15-6-8-32-9-7-15;3-2(4,5)1(6)7/h2-5,10,13,15,17H,6-9,11-12H2,1H3,(H,27,28,31);(H,6,7). The van der Waals surface area contributed by atoms with Crippen LogP contribution < -0.4 is 10.3 Å². The minimum absolute atomic E-state index is 0.146. The SMILES string of the molecule is CC(c1nc2c(cnn2C2CCOCC2)c(=O)[nH]1)N1CC(Oc2ccc(C(F)(F)F)cc2)C1.O=C(O)C(F)(F)F. The number of ether oxygens (including phenoxy) is 2. The van der Waals surface area contributed by atoms with E-state index in [0.29, 0.717) is 48.9 Å². The predicted molar refractivity (Wildman–Crippen MR) is 127 cm³/mol. The number of nitrogens with one attached hydrogen (secondary N) is 1. The lowest BCUT2D eigenvalue weighted by Crippen LogP contribution is -2.54. The minimum atomic E-state index is -5.08. The van der Waals surface area contributed by atoms with E-state index in [1.165, 1.54) is 12.1 Å². The fourth-order valence-electron chi connectivity index (χ4n) is 4.30. The van der Waals surface area contributed by atoms with E-state index in [4.69, 9.17) is 24.4 Å². The van der Waals surface area contributed by atoms with Crippen LogP contribution in [0.4, 0.5) is 26.3 Å². The number of halogens is 6. The molecular formula is C24H25F6N5O5. The molecule has 2 saturated heterocycles. The van der Waals surface area contributed by atoms with Crippen LogP contribution in [0.3, 0.4) is 0 Å². The van der Waals surface area contributed by atoms with E-state index in [-0.39, 0.29) is 23.7 Å². The molecule has 2 aliphatic heterocycles. The summed E-state index contributed by atoms with van der Waals surface area (Å²) in [5.74, 6) is -1.81. The van der Waals surface area contributed by atoms with Gasteiger partial charge in [0.1, 0.15) is 23.1 Å². The Morgan fingerprint density at radius 1 is 1.12 bits per heavy atom. The summed E-state index contributed by atoms with van der Waals surface area (Å²) >= 11 is 0. The van der Waals surface area contributed by atoms with Crippen LogP contribution >= 0.6 is 0 Å². The average Bonchev–Trinajstić information content (AvgIpc) is 3.30. The molecule has 2 N–H and O–H groups in total. The van der Waals surface area contributed by atoms with Crippen LogP contribution in [0.5, 0.6) is 5.75 Å². The van der Waals surface area contributed by atoms with Gasteiger partial charge in [-0.05, 0) is 44.0 Å². The number of H-pyrrole nitrogens is 1. The Balaban J connectivity index is 0.000000470. The summed E-state index contributed by atoms with van der Waals surface area (Å²) in [5, 5.41) is 12.0. The topological polar surface area (TPSA) is 123 Å². The fraction of sp³-hybridized carbons (Fsp3) is 0.500. The smallest absolute Gasteiger partial charge is 0.488 e. The Morgan fingerprint density at radius 2 is 1.73 bits per heavy atom. The Kier molecular flexibility index (Phi) is 8.39. The molecule has 5 rings (SSSR count). The lowest BCUT2D eigenvalue weighted by Gasteiger charge is -2.42. The van der Waals surface area contributed by atoms with Crippen molar-refractivity contribution < 1.29 is 45.7 Å². The van der Waals surface area contributed by atoms with Crippen molar-refractivity contribution in [3.05, 3.63) is 52.2 Å². The second-order valence-corrected chi connectivity index (χ2v) is 9.32. The zero-order chi connectivity index (χ0) is 29.2. The number of nitrogens with zero attached hydrogens (tertiary/aromatic N) is 4. The number of aliphatic carboxylic acids is 1. The van der Waals surface area contributed by atoms with Crippen molar-refractivity contribution in [3.63, 3.8) is 0 Å². The molecule has 1 unspecified atom stereocenters. The molecule has 16 heteroatoms. The number of carbonyl (C=O) groups is 1. The van der Waals surface area contributed by atoms with Gasteiger partial charge in [0.2, 0.25) is 0 Å². The van der Waals surface area contributed by atoms with Crippen LogP contribution in [0, 0.1) is 0 Å². The summed E-state index contributed by atoms with van der Waals surface area (Å²) in [6.07, 6.45) is -6.39. The molecule has 4 heterocycles. The first-order chi connectivity index (χ1) is 18.7. The fourth-order valence-corrected chi connectivity index (χ4v) is 4.30. The van der Waals surface area contributed by atoms with Crippen molar-refractivity contribution in [1.82, 2.24) is 24.6 Å². The van der Waals surface area contributed by atoms with E-state index in [1.807, 2.05) is 11.6 Å². The number of aromatic amines is 1. The maximum absolute atomic E-state index is 12.7. The van der Waals surface area contributed by atoms with E-state index < -0.39 is 23.9 Å². The van der Waals surface area contributed by atoms with Crippen molar-refractivity contribution in [3.8, 4) is 5.75 Å². The van der Waals surface area contributed by atoms with Gasteiger partial charge < -0.3 is 19.6 Å². The number of carboxylic acids is 1. The zero-order valence-corrected chi connectivity index (χ0v) is 21.0. The summed E-state index contributed by atoms with van der Waals surface area (Å²) in [7, 11) is 0. The molecule has 0 bridgehead atoms. The van der Waals surface area contributed by atoms with Gasteiger partial charge in [-0.1, -0.05) is 0 Å². The van der Waals surface area contributed by atoms with E-state index in [2.05, 4.69) is 15.0 Å². The third kappa shape index (κ3) is 6.72. The maximum Gasteiger partial charge on any atom is 0.490 e. The maximum atomic E-state index is 12.7. The Morgan fingerprint density at radius 3 is 2.27 bits per heavy atom. The monoisotopic (exact) mass is 577 g/mol. The third-order valence-corrected chi connectivity index (χ3v) is 6.57. The largest absolute Gasteiger partial charge is 0.490 e. The van der Waals surface area contributed by atoms with Gasteiger partial charge in [-0.15, -0.1) is 0 Å². The van der Waals surface area contributed by atoms with Crippen LogP contribution in [0.25, 0.3) is 11.0 Å². The first-order valence-corrected chi connectivity index (χ1v) is 12.2. The molecule has 2 fully saturated rings. The lowest BCUT2D eigenvalue weighted by atomic mass is 10.1. The van der Waals surface area contributed by atoms with Gasteiger partial charge >= 0.3 is 18.3 Å². The quantitative estimate of drug-likeness (QED) is 0.438. The van der Waals surface area contributed by atoms with Gasteiger partial charge in [0.05, 0.1) is 23.8 Å². The van der Waals surface area contributed by atoms with Crippen LogP contribution in [-0.4, -0.2) is 74.3 Å². The van der Waals surface area contributed by atoms with E-state index >= 15 is 0 Å². The first kappa shape index (κ1) is 29.3. The van der Waals surface area contributed by atoms with Crippen LogP contribution in [0.1, 0.15) is 43.2 Å². The van der Waals surface area contributed by atoms with Gasteiger partial charge in [-0.3, -0.25) is 9.69 Å². The van der Waals surface area contributed by atoms with Crippen molar-refractivity contribution in [1.29, 1.82) is 0 Å². The Bertz CT molecular complexity index is 1380. The van der Waals surface area contributed by atoms with Crippen molar-refractivity contribution in [2.75, 3.05) is 26.3 Å². The van der Waals surface area contributed by atoms with Gasteiger partial charge in [-0.25, -0.2) is 14.5 Å². The van der Waals surface area contributed by atoms with Crippen LogP contribution in [0.15, 0.2) is 35.3 Å². The van der Waals surface area contributed by atoms with E-state index in [1.54, 1.807) is 6.20 Å². The van der Waals surface area contributed by atoms with Gasteiger partial charge in [0.15, 0.2) is 5.65 Å². The Hall–Kier alpha value is -3.66. The third-order valence-electron chi connectivity index (χ3n) is 6.57. The number of carboxylic acid groups (broad SMARTS) is 1. The summed E-state index contributed by atoms with van der Waals surface area (Å²) in [5.41, 5.74) is -0.354. The summed E-state index contributed by atoms with van der Waals surface area (Å²) in [6.45, 7) is 4.42. The molecular weight excluding hydrogens is 552 g/mol. The average molecular weight is 577 g/mol. The van der Waals surface area contributed by atoms with Crippen molar-refractivity contribution >= 4 is 17.0 Å². The minimum Gasteiger partial charge on any atom is -0.488 e. The molecule has 3 aromatic rings. The second kappa shape index (κ2) is 11.4. The van der Waals surface area contributed by atoms with Gasteiger partial charge in [0, 0.05) is 26.3 Å². The molecule has 1 atom stereocenters. The number of hydrogen-bond acceptors (Lipinski definition) is 7. The van der Waals surface area contributed by atoms with Crippen molar-refractivity contribution in [2.24, 2.45) is 0 Å². The Labute approximate surface area is 222 Å². The zero-order valence-electron chi connectivity index (χ0n) is 21.0. The van der Waals surface area contributed by atoms with E-state index in [0.717, 1.165) is 25.0 Å². The van der Waals surface area contributed by atoms with Crippen LogP contribution in [-0.2, 0) is 15.7 Å². The molecule has 0 aliphatic carbocycles. The number of rotatable bonds is 5. The molecule has 0 amide bonds. The molecule has 1 aromatic carbocycles. The number of aromatic nitrogens is 4. The highest BCUT2D eigenvalue weighted by atomic mass is 19.4. The predicted octanol–water partition coefficient (Wildman–Crippen LogP) is 3.95.